The first-order chi connectivity index (χ1) is 16.1. The molecule has 0 spiro atoms. The van der Waals surface area contributed by atoms with Crippen LogP contribution in [0.3, 0.4) is 0 Å². The van der Waals surface area contributed by atoms with Gasteiger partial charge >= 0.3 is 0 Å². The molecule has 33 heavy (non-hydrogen) atoms. The second kappa shape index (κ2) is 9.11. The minimum atomic E-state index is -3.83. The summed E-state index contributed by atoms with van der Waals surface area (Å²) >= 11 is 0. The molecule has 0 bridgehead atoms. The van der Waals surface area contributed by atoms with Crippen molar-refractivity contribution in [2.24, 2.45) is 0 Å². The van der Waals surface area contributed by atoms with Crippen LogP contribution in [0.4, 0.5) is 17.1 Å². The lowest BCUT2D eigenvalue weighted by molar-refractivity contribution is 0.467. The fraction of sp³-hybridized carbons (Fsp3) is 0.192. The summed E-state index contributed by atoms with van der Waals surface area (Å²) in [6.07, 6.45) is 6.03. The van der Waals surface area contributed by atoms with Gasteiger partial charge in [-0.05, 0) is 49.2 Å². The SMILES string of the molecule is O=S(=O)(Nc1ccc(Nc2ccccc2)cc1)c1cn(C2CCCC2)nc1-c1ccccc1. The third-order valence-corrected chi connectivity index (χ3v) is 7.32. The molecule has 6 nitrogen and oxygen atoms in total. The van der Waals surface area contributed by atoms with Crippen molar-refractivity contribution in [3.63, 3.8) is 0 Å². The molecule has 1 saturated carbocycles. The van der Waals surface area contributed by atoms with Crippen LogP contribution in [0.2, 0.25) is 0 Å². The van der Waals surface area contributed by atoms with Gasteiger partial charge < -0.3 is 5.32 Å². The van der Waals surface area contributed by atoms with E-state index in [-0.39, 0.29) is 10.9 Å². The smallest absolute Gasteiger partial charge is 0.265 e. The number of benzene rings is 3. The van der Waals surface area contributed by atoms with Crippen molar-refractivity contribution >= 4 is 27.1 Å². The van der Waals surface area contributed by atoms with Gasteiger partial charge in [-0.25, -0.2) is 8.42 Å². The number of anilines is 3. The van der Waals surface area contributed by atoms with Crippen LogP contribution < -0.4 is 10.0 Å². The summed E-state index contributed by atoms with van der Waals surface area (Å²) < 4.78 is 31.4. The van der Waals surface area contributed by atoms with Crippen molar-refractivity contribution in [2.75, 3.05) is 10.0 Å². The molecule has 168 valence electrons. The third-order valence-electron chi connectivity index (χ3n) is 5.93. The standard InChI is InChI=1S/C26H26N4O2S/c31-33(32,29-23-17-15-22(16-18-23)27-21-11-5-2-6-12-21)25-19-30(24-13-7-8-14-24)28-26(25)20-9-3-1-4-10-20/h1-6,9-12,15-19,24,27,29H,7-8,13-14H2. The maximum absolute atomic E-state index is 13.4. The Morgan fingerprint density at radius 2 is 1.33 bits per heavy atom. The molecular formula is C26H26N4O2S. The highest BCUT2D eigenvalue weighted by atomic mass is 32.2. The molecule has 1 heterocycles. The zero-order valence-corrected chi connectivity index (χ0v) is 19.0. The highest BCUT2D eigenvalue weighted by Crippen LogP contribution is 2.34. The Balaban J connectivity index is 1.42. The van der Waals surface area contributed by atoms with Crippen LogP contribution in [0.1, 0.15) is 31.7 Å². The summed E-state index contributed by atoms with van der Waals surface area (Å²) in [5.74, 6) is 0. The van der Waals surface area contributed by atoms with E-state index in [1.54, 1.807) is 18.3 Å². The van der Waals surface area contributed by atoms with Gasteiger partial charge in [0.2, 0.25) is 0 Å². The number of nitrogens with one attached hydrogen (secondary N) is 2. The zero-order valence-electron chi connectivity index (χ0n) is 18.2. The molecule has 0 unspecified atom stereocenters. The first-order valence-corrected chi connectivity index (χ1v) is 12.7. The zero-order chi connectivity index (χ0) is 22.7. The van der Waals surface area contributed by atoms with E-state index in [2.05, 4.69) is 10.0 Å². The van der Waals surface area contributed by atoms with Crippen molar-refractivity contribution in [2.45, 2.75) is 36.6 Å². The van der Waals surface area contributed by atoms with E-state index in [4.69, 9.17) is 5.10 Å². The number of hydrogen-bond donors (Lipinski definition) is 2. The Kier molecular flexibility index (Phi) is 5.88. The molecule has 0 saturated heterocycles. The Morgan fingerprint density at radius 3 is 2.00 bits per heavy atom. The lowest BCUT2D eigenvalue weighted by Crippen LogP contribution is -2.13. The van der Waals surface area contributed by atoms with Crippen LogP contribution in [0.15, 0.2) is 96.0 Å². The molecule has 0 aliphatic heterocycles. The van der Waals surface area contributed by atoms with E-state index < -0.39 is 10.0 Å². The van der Waals surface area contributed by atoms with Crippen LogP contribution in [-0.4, -0.2) is 18.2 Å². The van der Waals surface area contributed by atoms with Gasteiger partial charge in [0.1, 0.15) is 10.6 Å². The van der Waals surface area contributed by atoms with Crippen molar-refractivity contribution in [3.05, 3.63) is 91.1 Å². The molecule has 0 radical (unpaired) electrons. The summed E-state index contributed by atoms with van der Waals surface area (Å²) in [4.78, 5) is 0.201. The van der Waals surface area contributed by atoms with Crippen LogP contribution in [-0.2, 0) is 10.0 Å². The molecule has 0 amide bonds. The highest BCUT2D eigenvalue weighted by molar-refractivity contribution is 7.92. The molecule has 3 aromatic carbocycles. The van der Waals surface area contributed by atoms with E-state index in [1.807, 2.05) is 77.5 Å². The fourth-order valence-electron chi connectivity index (χ4n) is 4.24. The van der Waals surface area contributed by atoms with E-state index in [0.29, 0.717) is 11.4 Å². The lowest BCUT2D eigenvalue weighted by Gasteiger charge is -2.10. The molecule has 4 aromatic rings. The Labute approximate surface area is 194 Å². The van der Waals surface area contributed by atoms with Crippen molar-refractivity contribution in [3.8, 4) is 11.3 Å². The maximum Gasteiger partial charge on any atom is 0.265 e. The number of sulfonamides is 1. The maximum atomic E-state index is 13.4. The summed E-state index contributed by atoms with van der Waals surface area (Å²) in [5.41, 5.74) is 3.62. The minimum Gasteiger partial charge on any atom is -0.356 e. The van der Waals surface area contributed by atoms with E-state index >= 15 is 0 Å². The fourth-order valence-corrected chi connectivity index (χ4v) is 5.46. The molecule has 2 N–H and O–H groups in total. The van der Waals surface area contributed by atoms with Gasteiger partial charge in [-0.3, -0.25) is 9.40 Å². The van der Waals surface area contributed by atoms with Gasteiger partial charge in [-0.2, -0.15) is 5.10 Å². The topological polar surface area (TPSA) is 76.0 Å². The predicted octanol–water partition coefficient (Wildman–Crippen LogP) is 6.21. The second-order valence-electron chi connectivity index (χ2n) is 8.30. The van der Waals surface area contributed by atoms with Crippen molar-refractivity contribution in [1.82, 2.24) is 9.78 Å². The van der Waals surface area contributed by atoms with E-state index in [0.717, 1.165) is 42.6 Å². The first-order valence-electron chi connectivity index (χ1n) is 11.2. The van der Waals surface area contributed by atoms with Gasteiger partial charge in [0.25, 0.3) is 10.0 Å². The molecule has 1 aromatic heterocycles. The van der Waals surface area contributed by atoms with E-state index in [9.17, 15) is 8.42 Å². The summed E-state index contributed by atoms with van der Waals surface area (Å²) in [5, 5.41) is 8.02. The van der Waals surface area contributed by atoms with Crippen LogP contribution in [0, 0.1) is 0 Å². The number of aromatic nitrogens is 2. The van der Waals surface area contributed by atoms with Gasteiger partial charge in [0, 0.05) is 28.8 Å². The monoisotopic (exact) mass is 458 g/mol. The Bertz CT molecular complexity index is 1310. The van der Waals surface area contributed by atoms with Crippen LogP contribution in [0.25, 0.3) is 11.3 Å². The normalized spacial score (nSPS) is 14.3. The average Bonchev–Trinajstić information content (AvgIpc) is 3.52. The molecule has 1 aliphatic rings. The van der Waals surface area contributed by atoms with Crippen molar-refractivity contribution in [1.29, 1.82) is 0 Å². The van der Waals surface area contributed by atoms with Gasteiger partial charge in [0.15, 0.2) is 0 Å². The second-order valence-corrected chi connectivity index (χ2v) is 9.95. The Hall–Kier alpha value is -3.58. The van der Waals surface area contributed by atoms with Crippen molar-refractivity contribution < 1.29 is 8.42 Å². The lowest BCUT2D eigenvalue weighted by atomic mass is 10.2. The summed E-state index contributed by atoms with van der Waals surface area (Å²) in [7, 11) is -3.83. The number of rotatable bonds is 7. The molecule has 0 atom stereocenters. The minimum absolute atomic E-state index is 0.201. The van der Waals surface area contributed by atoms with Gasteiger partial charge in [-0.1, -0.05) is 61.4 Å². The van der Waals surface area contributed by atoms with Gasteiger partial charge in [-0.15, -0.1) is 0 Å². The molecule has 7 heteroatoms. The number of para-hydroxylation sites is 1. The summed E-state index contributed by atoms with van der Waals surface area (Å²) in [6, 6.07) is 26.8. The number of hydrogen-bond acceptors (Lipinski definition) is 4. The molecule has 5 rings (SSSR count). The largest absolute Gasteiger partial charge is 0.356 e. The van der Waals surface area contributed by atoms with Gasteiger partial charge in [0.05, 0.1) is 6.04 Å². The van der Waals surface area contributed by atoms with Crippen LogP contribution >= 0.6 is 0 Å². The molecule has 1 aliphatic carbocycles. The highest BCUT2D eigenvalue weighted by Gasteiger charge is 2.27. The van der Waals surface area contributed by atoms with Crippen LogP contribution in [0.5, 0.6) is 0 Å². The predicted molar refractivity (Wildman–Crippen MR) is 132 cm³/mol. The molecule has 1 fully saturated rings. The van der Waals surface area contributed by atoms with E-state index in [1.165, 1.54) is 0 Å². The molecular weight excluding hydrogens is 432 g/mol. The first kappa shape index (κ1) is 21.3. The average molecular weight is 459 g/mol. The third kappa shape index (κ3) is 4.78. The quantitative estimate of drug-likeness (QED) is 0.345. The Morgan fingerprint density at radius 1 is 0.758 bits per heavy atom. The summed E-state index contributed by atoms with van der Waals surface area (Å²) in [6.45, 7) is 0. The number of nitrogens with zero attached hydrogens (tertiary/aromatic N) is 2.